The van der Waals surface area contributed by atoms with Crippen molar-refractivity contribution in [2.75, 3.05) is 20.1 Å². The van der Waals surface area contributed by atoms with Crippen LogP contribution in [0.5, 0.6) is 0 Å². The van der Waals surface area contributed by atoms with Gasteiger partial charge in [0.15, 0.2) is 5.76 Å². The molecule has 1 amide bonds. The highest BCUT2D eigenvalue weighted by atomic mass is 16.4. The van der Waals surface area contributed by atoms with Gasteiger partial charge in [-0.3, -0.25) is 4.79 Å². The van der Waals surface area contributed by atoms with Crippen LogP contribution in [-0.4, -0.2) is 37.0 Å². The molecule has 2 heterocycles. The Morgan fingerprint density at radius 2 is 1.87 bits per heavy atom. The van der Waals surface area contributed by atoms with E-state index in [0.717, 1.165) is 43.7 Å². The summed E-state index contributed by atoms with van der Waals surface area (Å²) in [5.74, 6) is 1.13. The molecular weight excluding hydrogens is 288 g/mol. The number of aryl methyl sites for hydroxylation is 1. The molecule has 0 spiro atoms. The van der Waals surface area contributed by atoms with Crippen LogP contribution in [0, 0.1) is 0 Å². The second-order valence-corrected chi connectivity index (χ2v) is 6.11. The molecule has 0 saturated carbocycles. The summed E-state index contributed by atoms with van der Waals surface area (Å²) in [5.41, 5.74) is 2.30. The highest BCUT2D eigenvalue weighted by Crippen LogP contribution is 2.24. The summed E-state index contributed by atoms with van der Waals surface area (Å²) in [6.45, 7) is 4.07. The Balaban J connectivity index is 1.73. The molecule has 1 aromatic heterocycles. The summed E-state index contributed by atoms with van der Waals surface area (Å²) in [7, 11) is 1.87. The van der Waals surface area contributed by atoms with E-state index in [9.17, 15) is 4.79 Å². The first-order valence-electron chi connectivity index (χ1n) is 8.36. The summed E-state index contributed by atoms with van der Waals surface area (Å²) in [6.07, 6.45) is 3.01. The van der Waals surface area contributed by atoms with E-state index in [1.54, 1.807) is 6.07 Å². The number of hydrogen-bond donors (Lipinski definition) is 1. The molecular formula is C19H24N2O2. The molecule has 1 aromatic carbocycles. The van der Waals surface area contributed by atoms with Crippen molar-refractivity contribution in [1.82, 2.24) is 10.2 Å². The second-order valence-electron chi connectivity index (χ2n) is 6.11. The summed E-state index contributed by atoms with van der Waals surface area (Å²) >= 11 is 0. The van der Waals surface area contributed by atoms with Gasteiger partial charge in [-0.25, -0.2) is 0 Å². The Morgan fingerprint density at radius 3 is 2.52 bits per heavy atom. The number of rotatable bonds is 4. The Labute approximate surface area is 137 Å². The zero-order valence-electron chi connectivity index (χ0n) is 13.8. The molecule has 23 heavy (non-hydrogen) atoms. The fraction of sp³-hybridized carbons (Fsp3) is 0.421. The van der Waals surface area contributed by atoms with Crippen molar-refractivity contribution in [3.8, 4) is 11.3 Å². The monoisotopic (exact) mass is 312 g/mol. The van der Waals surface area contributed by atoms with Crippen LogP contribution < -0.4 is 5.32 Å². The Bertz CT molecular complexity index is 654. The van der Waals surface area contributed by atoms with Crippen LogP contribution in [0.4, 0.5) is 0 Å². The molecule has 1 aliphatic rings. The van der Waals surface area contributed by atoms with Gasteiger partial charge in [0.25, 0.3) is 5.91 Å². The maximum atomic E-state index is 12.6. The normalized spacial score (nSPS) is 15.6. The van der Waals surface area contributed by atoms with Crippen LogP contribution in [0.15, 0.2) is 40.8 Å². The number of amides is 1. The second kappa shape index (κ2) is 7.01. The van der Waals surface area contributed by atoms with Crippen LogP contribution in [0.2, 0.25) is 0 Å². The largest absolute Gasteiger partial charge is 0.451 e. The third-order valence-electron chi connectivity index (χ3n) is 4.64. The number of piperidine rings is 1. The molecule has 0 unspecified atom stereocenters. The van der Waals surface area contributed by atoms with Crippen molar-refractivity contribution >= 4 is 5.91 Å². The summed E-state index contributed by atoms with van der Waals surface area (Å²) in [6, 6.07) is 12.2. The number of furan rings is 1. The van der Waals surface area contributed by atoms with Gasteiger partial charge in [0.2, 0.25) is 0 Å². The highest BCUT2D eigenvalue weighted by molar-refractivity contribution is 5.92. The molecule has 1 N–H and O–H groups in total. The van der Waals surface area contributed by atoms with E-state index in [-0.39, 0.29) is 5.91 Å². The average molecular weight is 312 g/mol. The molecule has 4 nitrogen and oxygen atoms in total. The number of nitrogens with zero attached hydrogens (tertiary/aromatic N) is 1. The minimum absolute atomic E-state index is 0.0340. The van der Waals surface area contributed by atoms with Crippen LogP contribution in [0.25, 0.3) is 11.3 Å². The van der Waals surface area contributed by atoms with E-state index in [2.05, 4.69) is 24.4 Å². The zero-order chi connectivity index (χ0) is 16.2. The first-order chi connectivity index (χ1) is 11.2. The maximum Gasteiger partial charge on any atom is 0.289 e. The molecule has 1 aliphatic heterocycles. The third kappa shape index (κ3) is 3.48. The summed E-state index contributed by atoms with van der Waals surface area (Å²) in [4.78, 5) is 14.4. The van der Waals surface area contributed by atoms with Gasteiger partial charge in [-0.1, -0.05) is 31.2 Å². The van der Waals surface area contributed by atoms with Gasteiger partial charge in [-0.2, -0.15) is 0 Å². The highest BCUT2D eigenvalue weighted by Gasteiger charge is 2.24. The van der Waals surface area contributed by atoms with Gasteiger partial charge in [0, 0.05) is 18.7 Å². The molecule has 0 atom stereocenters. The van der Waals surface area contributed by atoms with Crippen molar-refractivity contribution in [3.63, 3.8) is 0 Å². The van der Waals surface area contributed by atoms with Crippen molar-refractivity contribution in [2.45, 2.75) is 32.2 Å². The molecule has 0 aliphatic carbocycles. The molecule has 1 fully saturated rings. The average Bonchev–Trinajstić information content (AvgIpc) is 3.11. The van der Waals surface area contributed by atoms with Crippen molar-refractivity contribution in [2.24, 2.45) is 0 Å². The van der Waals surface area contributed by atoms with E-state index in [0.29, 0.717) is 11.8 Å². The molecule has 2 aromatic rings. The van der Waals surface area contributed by atoms with Gasteiger partial charge in [-0.15, -0.1) is 0 Å². The lowest BCUT2D eigenvalue weighted by Gasteiger charge is -2.31. The van der Waals surface area contributed by atoms with E-state index < -0.39 is 0 Å². The number of carbonyl (C=O) groups is 1. The van der Waals surface area contributed by atoms with Gasteiger partial charge >= 0.3 is 0 Å². The lowest BCUT2D eigenvalue weighted by Crippen LogP contribution is -2.43. The minimum atomic E-state index is -0.0340. The Kier molecular flexibility index (Phi) is 4.82. The number of hydrogen-bond acceptors (Lipinski definition) is 3. The van der Waals surface area contributed by atoms with Crippen LogP contribution in [0.1, 0.15) is 35.9 Å². The first-order valence-corrected chi connectivity index (χ1v) is 8.36. The lowest BCUT2D eigenvalue weighted by molar-refractivity contribution is 0.0672. The third-order valence-corrected chi connectivity index (χ3v) is 4.64. The quantitative estimate of drug-likeness (QED) is 0.942. The molecule has 0 bridgehead atoms. The molecule has 4 heteroatoms. The van der Waals surface area contributed by atoms with Crippen LogP contribution in [-0.2, 0) is 6.42 Å². The topological polar surface area (TPSA) is 45.5 Å². The summed E-state index contributed by atoms with van der Waals surface area (Å²) in [5, 5.41) is 3.32. The van der Waals surface area contributed by atoms with Crippen LogP contribution in [0.3, 0.4) is 0 Å². The van der Waals surface area contributed by atoms with Gasteiger partial charge in [-0.05, 0) is 50.0 Å². The van der Waals surface area contributed by atoms with E-state index in [4.69, 9.17) is 4.42 Å². The lowest BCUT2D eigenvalue weighted by atomic mass is 10.1. The fourth-order valence-corrected chi connectivity index (χ4v) is 3.05. The Morgan fingerprint density at radius 1 is 1.17 bits per heavy atom. The van der Waals surface area contributed by atoms with E-state index in [1.807, 2.05) is 30.1 Å². The molecule has 0 radical (unpaired) electrons. The number of benzene rings is 1. The van der Waals surface area contributed by atoms with Gasteiger partial charge in [0.1, 0.15) is 5.76 Å². The van der Waals surface area contributed by atoms with Crippen LogP contribution >= 0.6 is 0 Å². The summed E-state index contributed by atoms with van der Waals surface area (Å²) < 4.78 is 5.81. The number of nitrogens with one attached hydrogen (secondary N) is 1. The molecule has 1 saturated heterocycles. The smallest absolute Gasteiger partial charge is 0.289 e. The van der Waals surface area contributed by atoms with E-state index >= 15 is 0 Å². The van der Waals surface area contributed by atoms with E-state index in [1.165, 1.54) is 5.56 Å². The van der Waals surface area contributed by atoms with Crippen molar-refractivity contribution in [3.05, 3.63) is 47.7 Å². The molecule has 3 rings (SSSR count). The minimum Gasteiger partial charge on any atom is -0.451 e. The standard InChI is InChI=1S/C19H24N2O2/c1-3-14-4-6-15(7-5-14)17-8-9-18(23-17)19(22)21(2)16-10-12-20-13-11-16/h4-9,16,20H,3,10-13H2,1-2H3. The van der Waals surface area contributed by atoms with Crippen molar-refractivity contribution < 1.29 is 9.21 Å². The fourth-order valence-electron chi connectivity index (χ4n) is 3.05. The number of carbonyl (C=O) groups excluding carboxylic acids is 1. The SMILES string of the molecule is CCc1ccc(-c2ccc(C(=O)N(C)C3CCNCC3)o2)cc1. The first kappa shape index (κ1) is 15.8. The maximum absolute atomic E-state index is 12.6. The zero-order valence-corrected chi connectivity index (χ0v) is 13.8. The predicted octanol–water partition coefficient (Wildman–Crippen LogP) is 3.33. The predicted molar refractivity (Wildman–Crippen MR) is 91.5 cm³/mol. The van der Waals surface area contributed by atoms with Crippen molar-refractivity contribution in [1.29, 1.82) is 0 Å². The Hall–Kier alpha value is -2.07. The van der Waals surface area contributed by atoms with Gasteiger partial charge < -0.3 is 14.6 Å². The molecule has 122 valence electrons. The van der Waals surface area contributed by atoms with Gasteiger partial charge in [0.05, 0.1) is 0 Å².